The van der Waals surface area contributed by atoms with Crippen LogP contribution in [0, 0.1) is 0 Å². The molecule has 0 N–H and O–H groups in total. The van der Waals surface area contributed by atoms with Crippen LogP contribution in [0.15, 0.2) is 31.0 Å². The summed E-state index contributed by atoms with van der Waals surface area (Å²) in [5, 5.41) is 0. The molecular formula is C13H15N3O2. The van der Waals surface area contributed by atoms with Gasteiger partial charge in [-0.15, -0.1) is 0 Å². The molecule has 0 saturated heterocycles. The second-order valence-corrected chi connectivity index (χ2v) is 4.33. The van der Waals surface area contributed by atoms with Crippen molar-refractivity contribution in [3.63, 3.8) is 0 Å². The van der Waals surface area contributed by atoms with Gasteiger partial charge in [0, 0.05) is 25.0 Å². The summed E-state index contributed by atoms with van der Waals surface area (Å²) >= 11 is 0. The van der Waals surface area contributed by atoms with Gasteiger partial charge in [0.2, 0.25) is 5.78 Å². The van der Waals surface area contributed by atoms with Crippen LogP contribution >= 0.6 is 0 Å². The Hall–Kier alpha value is -2.17. The fraction of sp³-hybridized carbons (Fsp3) is 0.308. The molecule has 5 heteroatoms. The first kappa shape index (κ1) is 12.3. The number of hydrogen-bond acceptors (Lipinski definition) is 4. The van der Waals surface area contributed by atoms with Gasteiger partial charge in [0.25, 0.3) is 0 Å². The molecule has 0 unspecified atom stereocenters. The number of carbonyl (C=O) groups excluding carboxylic acids is 1. The van der Waals surface area contributed by atoms with Gasteiger partial charge in [0.1, 0.15) is 11.4 Å². The number of hydrogen-bond donors (Lipinski definition) is 0. The first-order chi connectivity index (χ1) is 8.56. The van der Waals surface area contributed by atoms with Gasteiger partial charge in [-0.2, -0.15) is 0 Å². The second-order valence-electron chi connectivity index (χ2n) is 4.33. The number of pyridine rings is 1. The smallest absolute Gasteiger partial charge is 0.214 e. The molecule has 2 heterocycles. The molecule has 2 rings (SSSR count). The van der Waals surface area contributed by atoms with Gasteiger partial charge in [0.05, 0.1) is 18.6 Å². The average molecular weight is 245 g/mol. The van der Waals surface area contributed by atoms with E-state index in [1.807, 2.05) is 20.9 Å². The van der Waals surface area contributed by atoms with Crippen LogP contribution in [0.1, 0.15) is 29.9 Å². The highest BCUT2D eigenvalue weighted by atomic mass is 16.5. The lowest BCUT2D eigenvalue weighted by molar-refractivity contribution is 0.103. The minimum atomic E-state index is -0.155. The van der Waals surface area contributed by atoms with E-state index in [1.54, 1.807) is 29.4 Å². The number of nitrogens with zero attached hydrogens (tertiary/aromatic N) is 3. The first-order valence-electron chi connectivity index (χ1n) is 5.70. The van der Waals surface area contributed by atoms with Crippen molar-refractivity contribution in [1.29, 1.82) is 0 Å². The molecule has 5 nitrogen and oxygen atoms in total. The number of aryl methyl sites for hydroxylation is 1. The first-order valence-corrected chi connectivity index (χ1v) is 5.70. The van der Waals surface area contributed by atoms with E-state index in [4.69, 9.17) is 4.74 Å². The van der Waals surface area contributed by atoms with E-state index in [0.717, 1.165) is 0 Å². The van der Waals surface area contributed by atoms with Crippen LogP contribution in [0.5, 0.6) is 5.75 Å². The molecule has 94 valence electrons. The van der Waals surface area contributed by atoms with Crippen LogP contribution in [-0.4, -0.2) is 26.4 Å². The zero-order valence-electron chi connectivity index (χ0n) is 10.6. The average Bonchev–Trinajstić information content (AvgIpc) is 2.74. The number of rotatable bonds is 4. The van der Waals surface area contributed by atoms with E-state index in [1.165, 1.54) is 6.20 Å². The summed E-state index contributed by atoms with van der Waals surface area (Å²) in [6.45, 7) is 3.85. The monoisotopic (exact) mass is 245 g/mol. The highest BCUT2D eigenvalue weighted by Gasteiger charge is 2.13. The van der Waals surface area contributed by atoms with Gasteiger partial charge >= 0.3 is 0 Å². The molecule has 0 amide bonds. The highest BCUT2D eigenvalue weighted by molar-refractivity contribution is 6.07. The van der Waals surface area contributed by atoms with E-state index in [-0.39, 0.29) is 11.9 Å². The third-order valence-electron chi connectivity index (χ3n) is 2.28. The normalized spacial score (nSPS) is 10.7. The Kier molecular flexibility index (Phi) is 3.41. The van der Waals surface area contributed by atoms with Gasteiger partial charge in [0.15, 0.2) is 0 Å². The van der Waals surface area contributed by atoms with E-state index in [2.05, 4.69) is 9.97 Å². The Morgan fingerprint density at radius 3 is 2.78 bits per heavy atom. The van der Waals surface area contributed by atoms with E-state index >= 15 is 0 Å². The van der Waals surface area contributed by atoms with Crippen molar-refractivity contribution in [3.05, 3.63) is 42.2 Å². The molecule has 0 bridgehead atoms. The van der Waals surface area contributed by atoms with Crippen molar-refractivity contribution in [1.82, 2.24) is 14.5 Å². The van der Waals surface area contributed by atoms with Crippen molar-refractivity contribution in [3.8, 4) is 5.75 Å². The van der Waals surface area contributed by atoms with Crippen LogP contribution < -0.4 is 4.74 Å². The lowest BCUT2D eigenvalue weighted by Gasteiger charge is -2.09. The van der Waals surface area contributed by atoms with Crippen molar-refractivity contribution < 1.29 is 9.53 Å². The number of aromatic nitrogens is 3. The maximum atomic E-state index is 12.1. The maximum absolute atomic E-state index is 12.1. The highest BCUT2D eigenvalue weighted by Crippen LogP contribution is 2.15. The van der Waals surface area contributed by atoms with Gasteiger partial charge in [-0.05, 0) is 19.9 Å². The third-order valence-corrected chi connectivity index (χ3v) is 2.28. The van der Waals surface area contributed by atoms with Crippen LogP contribution in [0.2, 0.25) is 0 Å². The lowest BCUT2D eigenvalue weighted by atomic mass is 10.1. The molecule has 0 fully saturated rings. The summed E-state index contributed by atoms with van der Waals surface area (Å²) in [7, 11) is 1.82. The summed E-state index contributed by atoms with van der Waals surface area (Å²) in [6, 6.07) is 1.68. The minimum absolute atomic E-state index is 0.0482. The second kappa shape index (κ2) is 5.00. The topological polar surface area (TPSA) is 57.0 Å². The Labute approximate surface area is 105 Å². The number of ketones is 1. The van der Waals surface area contributed by atoms with Crippen LogP contribution in [0.4, 0.5) is 0 Å². The quantitative estimate of drug-likeness (QED) is 0.771. The molecular weight excluding hydrogens is 230 g/mol. The fourth-order valence-corrected chi connectivity index (χ4v) is 1.56. The standard InChI is InChI=1S/C13H15N3O2/c1-9(2)18-11-4-10(5-14-6-11)13(17)12-7-16(3)8-15-12/h4-9H,1-3H3. The molecule has 2 aromatic heterocycles. The Balaban J connectivity index is 2.25. The predicted molar refractivity (Wildman–Crippen MR) is 66.6 cm³/mol. The Morgan fingerprint density at radius 2 is 2.17 bits per heavy atom. The van der Waals surface area contributed by atoms with Crippen LogP contribution in [0.25, 0.3) is 0 Å². The van der Waals surface area contributed by atoms with Crippen LogP contribution in [0.3, 0.4) is 0 Å². The molecule has 2 aromatic rings. The molecule has 0 saturated carbocycles. The van der Waals surface area contributed by atoms with E-state index in [9.17, 15) is 4.79 Å². The lowest BCUT2D eigenvalue weighted by Crippen LogP contribution is -2.08. The zero-order chi connectivity index (χ0) is 13.1. The summed E-state index contributed by atoms with van der Waals surface area (Å²) < 4.78 is 7.24. The largest absolute Gasteiger partial charge is 0.489 e. The van der Waals surface area contributed by atoms with Gasteiger partial charge in [-0.3, -0.25) is 9.78 Å². The molecule has 18 heavy (non-hydrogen) atoms. The zero-order valence-corrected chi connectivity index (χ0v) is 10.6. The summed E-state index contributed by atoms with van der Waals surface area (Å²) in [5.74, 6) is 0.434. The van der Waals surface area contributed by atoms with Gasteiger partial charge < -0.3 is 9.30 Å². The van der Waals surface area contributed by atoms with Crippen molar-refractivity contribution >= 4 is 5.78 Å². The van der Waals surface area contributed by atoms with Crippen molar-refractivity contribution in [2.45, 2.75) is 20.0 Å². The molecule has 0 aliphatic carbocycles. The van der Waals surface area contributed by atoms with E-state index < -0.39 is 0 Å². The summed E-state index contributed by atoms with van der Waals surface area (Å²) in [6.07, 6.45) is 6.43. The molecule has 0 atom stereocenters. The molecule has 0 aliphatic rings. The Bertz CT molecular complexity index is 561. The Morgan fingerprint density at radius 1 is 1.39 bits per heavy atom. The van der Waals surface area contributed by atoms with Gasteiger partial charge in [-0.25, -0.2) is 4.98 Å². The number of carbonyl (C=O) groups is 1. The third kappa shape index (κ3) is 2.74. The van der Waals surface area contributed by atoms with Gasteiger partial charge in [-0.1, -0.05) is 0 Å². The molecule has 0 aromatic carbocycles. The maximum Gasteiger partial charge on any atom is 0.214 e. The predicted octanol–water partition coefficient (Wildman–Crippen LogP) is 1.83. The van der Waals surface area contributed by atoms with Crippen molar-refractivity contribution in [2.24, 2.45) is 7.05 Å². The SMILES string of the molecule is CC(C)Oc1cncc(C(=O)c2cn(C)cn2)c1. The molecule has 0 spiro atoms. The molecule has 0 radical (unpaired) electrons. The minimum Gasteiger partial charge on any atom is -0.489 e. The fourth-order valence-electron chi connectivity index (χ4n) is 1.56. The van der Waals surface area contributed by atoms with Crippen LogP contribution in [-0.2, 0) is 7.05 Å². The molecule has 0 aliphatic heterocycles. The summed E-state index contributed by atoms with van der Waals surface area (Å²) in [5.41, 5.74) is 0.882. The number of imidazole rings is 1. The number of ether oxygens (including phenoxy) is 1. The summed E-state index contributed by atoms with van der Waals surface area (Å²) in [4.78, 5) is 20.2. The van der Waals surface area contributed by atoms with E-state index in [0.29, 0.717) is 17.0 Å². The van der Waals surface area contributed by atoms with Crippen molar-refractivity contribution in [2.75, 3.05) is 0 Å².